The van der Waals surface area contributed by atoms with Crippen molar-refractivity contribution >= 4 is 11.3 Å². The molecule has 0 aliphatic heterocycles. The lowest BCUT2D eigenvalue weighted by atomic mass is 10.3. The molecule has 0 amide bonds. The van der Waals surface area contributed by atoms with Gasteiger partial charge in [0, 0.05) is 18.0 Å². The van der Waals surface area contributed by atoms with Gasteiger partial charge in [0.2, 0.25) is 0 Å². The number of hydrogen-bond donors (Lipinski definition) is 2. The number of halogens is 1. The zero-order chi connectivity index (χ0) is 14.2. The largest absolute Gasteiger partial charge is 0.488 e. The molecule has 1 unspecified atom stereocenters. The van der Waals surface area contributed by atoms with Crippen LogP contribution in [-0.4, -0.2) is 30.9 Å². The van der Waals surface area contributed by atoms with E-state index in [4.69, 9.17) is 4.74 Å². The van der Waals surface area contributed by atoms with Gasteiger partial charge in [-0.2, -0.15) is 0 Å². The van der Waals surface area contributed by atoms with Crippen molar-refractivity contribution in [3.05, 3.63) is 52.5 Å². The molecule has 0 saturated heterocycles. The Morgan fingerprint density at radius 2 is 2.10 bits per heavy atom. The first-order chi connectivity index (χ1) is 9.75. The molecule has 0 saturated carbocycles. The average molecular weight is 295 g/mol. The molecule has 5 heteroatoms. The Labute approximate surface area is 122 Å². The van der Waals surface area contributed by atoms with Crippen LogP contribution in [0.3, 0.4) is 0 Å². The molecular weight excluding hydrogens is 277 g/mol. The van der Waals surface area contributed by atoms with Crippen LogP contribution in [0.1, 0.15) is 4.88 Å². The highest BCUT2D eigenvalue weighted by Crippen LogP contribution is 2.15. The SMILES string of the molecule is OC(CNCCc1cccs1)COc1ccccc1F. The lowest BCUT2D eigenvalue weighted by Crippen LogP contribution is -2.32. The van der Waals surface area contributed by atoms with Crippen molar-refractivity contribution in [1.29, 1.82) is 0 Å². The smallest absolute Gasteiger partial charge is 0.165 e. The van der Waals surface area contributed by atoms with E-state index in [1.807, 2.05) is 11.4 Å². The number of aliphatic hydroxyl groups is 1. The highest BCUT2D eigenvalue weighted by atomic mass is 32.1. The number of nitrogens with one attached hydrogen (secondary N) is 1. The van der Waals surface area contributed by atoms with Crippen LogP contribution in [0.5, 0.6) is 5.75 Å². The Balaban J connectivity index is 1.61. The molecule has 0 aliphatic rings. The molecule has 1 atom stereocenters. The van der Waals surface area contributed by atoms with Crippen LogP contribution in [0.15, 0.2) is 41.8 Å². The van der Waals surface area contributed by atoms with E-state index in [-0.39, 0.29) is 12.4 Å². The summed E-state index contributed by atoms with van der Waals surface area (Å²) in [7, 11) is 0. The van der Waals surface area contributed by atoms with Crippen LogP contribution >= 0.6 is 11.3 Å². The number of benzene rings is 1. The molecule has 2 rings (SSSR count). The molecule has 20 heavy (non-hydrogen) atoms. The quantitative estimate of drug-likeness (QED) is 0.735. The summed E-state index contributed by atoms with van der Waals surface area (Å²) >= 11 is 1.72. The molecule has 1 aromatic carbocycles. The highest BCUT2D eigenvalue weighted by molar-refractivity contribution is 7.09. The molecule has 0 aliphatic carbocycles. The van der Waals surface area contributed by atoms with Crippen LogP contribution < -0.4 is 10.1 Å². The van der Waals surface area contributed by atoms with Crippen molar-refractivity contribution < 1.29 is 14.2 Å². The lowest BCUT2D eigenvalue weighted by Gasteiger charge is -2.13. The van der Waals surface area contributed by atoms with Gasteiger partial charge in [0.25, 0.3) is 0 Å². The summed E-state index contributed by atoms with van der Waals surface area (Å²) in [6.45, 7) is 1.31. The predicted molar refractivity (Wildman–Crippen MR) is 78.8 cm³/mol. The fourth-order valence-electron chi connectivity index (χ4n) is 1.74. The summed E-state index contributed by atoms with van der Waals surface area (Å²) in [6.07, 6.45) is 0.288. The Morgan fingerprint density at radius 1 is 1.25 bits per heavy atom. The summed E-state index contributed by atoms with van der Waals surface area (Å²) in [4.78, 5) is 1.31. The number of hydrogen-bond acceptors (Lipinski definition) is 4. The Hall–Kier alpha value is -1.43. The number of aliphatic hydroxyl groups excluding tert-OH is 1. The zero-order valence-electron chi connectivity index (χ0n) is 11.1. The highest BCUT2D eigenvalue weighted by Gasteiger charge is 2.07. The Bertz CT molecular complexity index is 504. The van der Waals surface area contributed by atoms with Gasteiger partial charge in [0.15, 0.2) is 11.6 Å². The van der Waals surface area contributed by atoms with Gasteiger partial charge < -0.3 is 15.2 Å². The van der Waals surface area contributed by atoms with Gasteiger partial charge in [-0.1, -0.05) is 18.2 Å². The second kappa shape index (κ2) is 7.99. The Kier molecular flexibility index (Phi) is 5.98. The Morgan fingerprint density at radius 3 is 2.85 bits per heavy atom. The average Bonchev–Trinajstić information content (AvgIpc) is 2.96. The van der Waals surface area contributed by atoms with Gasteiger partial charge >= 0.3 is 0 Å². The number of ether oxygens (including phenoxy) is 1. The van der Waals surface area contributed by atoms with Crippen LogP contribution in [0.2, 0.25) is 0 Å². The van der Waals surface area contributed by atoms with E-state index in [9.17, 15) is 9.50 Å². The van der Waals surface area contributed by atoms with E-state index in [0.29, 0.717) is 6.54 Å². The number of thiophene rings is 1. The van der Waals surface area contributed by atoms with Crippen molar-refractivity contribution in [2.24, 2.45) is 0 Å². The van der Waals surface area contributed by atoms with Crippen molar-refractivity contribution in [3.8, 4) is 5.75 Å². The second-order valence-electron chi connectivity index (χ2n) is 4.43. The summed E-state index contributed by atoms with van der Waals surface area (Å²) in [6, 6.07) is 10.3. The molecule has 108 valence electrons. The van der Waals surface area contributed by atoms with Gasteiger partial charge in [0.05, 0.1) is 0 Å². The normalized spacial score (nSPS) is 12.3. The molecule has 0 spiro atoms. The van der Waals surface area contributed by atoms with Gasteiger partial charge in [-0.25, -0.2) is 4.39 Å². The minimum absolute atomic E-state index is 0.0763. The lowest BCUT2D eigenvalue weighted by molar-refractivity contribution is 0.104. The third-order valence-corrected chi connectivity index (χ3v) is 3.71. The van der Waals surface area contributed by atoms with E-state index >= 15 is 0 Å². The fraction of sp³-hybridized carbons (Fsp3) is 0.333. The topological polar surface area (TPSA) is 41.5 Å². The molecule has 1 heterocycles. The van der Waals surface area contributed by atoms with E-state index in [1.165, 1.54) is 10.9 Å². The van der Waals surface area contributed by atoms with Gasteiger partial charge in [-0.3, -0.25) is 0 Å². The molecule has 1 aromatic heterocycles. The van der Waals surface area contributed by atoms with E-state index < -0.39 is 11.9 Å². The van der Waals surface area contributed by atoms with Gasteiger partial charge in [-0.15, -0.1) is 11.3 Å². The van der Waals surface area contributed by atoms with Crippen molar-refractivity contribution in [1.82, 2.24) is 5.32 Å². The third kappa shape index (κ3) is 4.92. The van der Waals surface area contributed by atoms with Crippen LogP contribution in [0, 0.1) is 5.82 Å². The van der Waals surface area contributed by atoms with Gasteiger partial charge in [-0.05, 0) is 30.0 Å². The summed E-state index contributed by atoms with van der Waals surface area (Å²) in [5.41, 5.74) is 0. The van der Waals surface area contributed by atoms with Crippen molar-refractivity contribution in [2.75, 3.05) is 19.7 Å². The minimum atomic E-state index is -0.655. The summed E-state index contributed by atoms with van der Waals surface area (Å²) in [5.74, 6) is -0.240. The molecular formula is C15H18FNO2S. The molecule has 2 aromatic rings. The van der Waals surface area contributed by atoms with E-state index in [0.717, 1.165) is 13.0 Å². The molecule has 0 fully saturated rings. The minimum Gasteiger partial charge on any atom is -0.488 e. The third-order valence-electron chi connectivity index (χ3n) is 2.78. The molecule has 2 N–H and O–H groups in total. The van der Waals surface area contributed by atoms with E-state index in [2.05, 4.69) is 11.4 Å². The zero-order valence-corrected chi connectivity index (χ0v) is 11.9. The van der Waals surface area contributed by atoms with Crippen LogP contribution in [0.4, 0.5) is 4.39 Å². The molecule has 0 radical (unpaired) electrons. The first-order valence-electron chi connectivity index (χ1n) is 6.54. The maximum Gasteiger partial charge on any atom is 0.165 e. The number of rotatable bonds is 8. The standard InChI is InChI=1S/C15H18FNO2S/c16-14-5-1-2-6-15(14)19-11-12(18)10-17-8-7-13-4-3-9-20-13/h1-6,9,12,17-18H,7-8,10-11H2. The summed E-state index contributed by atoms with van der Waals surface area (Å²) in [5, 5.41) is 15.0. The van der Waals surface area contributed by atoms with Crippen LogP contribution in [-0.2, 0) is 6.42 Å². The second-order valence-corrected chi connectivity index (χ2v) is 5.46. The van der Waals surface area contributed by atoms with Crippen molar-refractivity contribution in [2.45, 2.75) is 12.5 Å². The summed E-state index contributed by atoms with van der Waals surface area (Å²) < 4.78 is 18.5. The predicted octanol–water partition coefficient (Wildman–Crippen LogP) is 2.46. The van der Waals surface area contributed by atoms with Crippen LogP contribution in [0.25, 0.3) is 0 Å². The number of para-hydroxylation sites is 1. The monoisotopic (exact) mass is 295 g/mol. The maximum atomic E-state index is 13.3. The first-order valence-corrected chi connectivity index (χ1v) is 7.42. The maximum absolute atomic E-state index is 13.3. The van der Waals surface area contributed by atoms with E-state index in [1.54, 1.807) is 29.5 Å². The fourth-order valence-corrected chi connectivity index (χ4v) is 2.45. The van der Waals surface area contributed by atoms with Crippen molar-refractivity contribution in [3.63, 3.8) is 0 Å². The van der Waals surface area contributed by atoms with Gasteiger partial charge in [0.1, 0.15) is 12.7 Å². The first kappa shape index (κ1) is 15.0. The molecule has 3 nitrogen and oxygen atoms in total. The molecule has 0 bridgehead atoms.